The van der Waals surface area contributed by atoms with Crippen LogP contribution in [0, 0.1) is 13.8 Å². The summed E-state index contributed by atoms with van der Waals surface area (Å²) >= 11 is 5.98. The Kier molecular flexibility index (Phi) is 4.77. The van der Waals surface area contributed by atoms with E-state index in [1.807, 2.05) is 0 Å². The normalized spacial score (nSPS) is 10.9. The monoisotopic (exact) mass is 409 g/mol. The van der Waals surface area contributed by atoms with Gasteiger partial charge in [-0.05, 0) is 44.2 Å². The largest absolute Gasteiger partial charge is 0.463 e. The Labute approximate surface area is 170 Å². The molecule has 0 aliphatic heterocycles. The van der Waals surface area contributed by atoms with Crippen molar-refractivity contribution in [1.29, 1.82) is 0 Å². The lowest BCUT2D eigenvalue weighted by Gasteiger charge is -2.09. The molecule has 9 heteroatoms. The van der Waals surface area contributed by atoms with E-state index >= 15 is 0 Å². The van der Waals surface area contributed by atoms with Gasteiger partial charge in [-0.3, -0.25) is 14.6 Å². The number of hydrogen-bond acceptors (Lipinski definition) is 5. The number of aromatic nitrogens is 4. The number of nitrogens with one attached hydrogen (secondary N) is 2. The fraction of sp³-hybridized carbons (Fsp3) is 0.100. The standard InChI is InChI=1S/C20H16ClN5O3/c1-11-12(2)22-20(24-18(11)27)26-17(10-15(25-26)16-7-4-8-29-16)23-19(28)13-5-3-6-14(21)9-13/h3-10H,1-2H3,(H,23,28)(H,22,24,27). The first-order valence-corrected chi connectivity index (χ1v) is 9.09. The second kappa shape index (κ2) is 7.40. The van der Waals surface area contributed by atoms with Gasteiger partial charge in [-0.15, -0.1) is 0 Å². The van der Waals surface area contributed by atoms with Crippen LogP contribution in [0.15, 0.2) is 57.9 Å². The van der Waals surface area contributed by atoms with Crippen LogP contribution in [-0.4, -0.2) is 25.7 Å². The number of aromatic amines is 1. The first-order valence-electron chi connectivity index (χ1n) is 8.71. The Hall–Kier alpha value is -3.65. The molecule has 4 aromatic rings. The van der Waals surface area contributed by atoms with Gasteiger partial charge in [-0.1, -0.05) is 17.7 Å². The van der Waals surface area contributed by atoms with Gasteiger partial charge in [0.25, 0.3) is 11.5 Å². The maximum absolute atomic E-state index is 12.7. The zero-order valence-corrected chi connectivity index (χ0v) is 16.3. The predicted octanol–water partition coefficient (Wildman–Crippen LogP) is 3.74. The third kappa shape index (κ3) is 3.70. The van der Waals surface area contributed by atoms with Gasteiger partial charge >= 0.3 is 0 Å². The fourth-order valence-corrected chi connectivity index (χ4v) is 2.92. The molecule has 1 aromatic carbocycles. The number of halogens is 1. The van der Waals surface area contributed by atoms with Crippen LogP contribution in [0.25, 0.3) is 17.4 Å². The van der Waals surface area contributed by atoms with Crippen molar-refractivity contribution in [3.63, 3.8) is 0 Å². The molecular formula is C20H16ClN5O3. The molecule has 0 unspecified atom stereocenters. The fourth-order valence-electron chi connectivity index (χ4n) is 2.73. The average molecular weight is 410 g/mol. The first-order chi connectivity index (χ1) is 13.9. The quantitative estimate of drug-likeness (QED) is 0.534. The molecule has 0 bridgehead atoms. The molecule has 3 heterocycles. The molecule has 2 N–H and O–H groups in total. The summed E-state index contributed by atoms with van der Waals surface area (Å²) in [6.45, 7) is 3.42. The number of benzene rings is 1. The van der Waals surface area contributed by atoms with Crippen molar-refractivity contribution in [1.82, 2.24) is 19.7 Å². The van der Waals surface area contributed by atoms with E-state index in [0.717, 1.165) is 0 Å². The van der Waals surface area contributed by atoms with E-state index in [4.69, 9.17) is 16.0 Å². The van der Waals surface area contributed by atoms with Gasteiger partial charge in [0.1, 0.15) is 11.5 Å². The molecule has 29 heavy (non-hydrogen) atoms. The number of hydrogen-bond donors (Lipinski definition) is 2. The van der Waals surface area contributed by atoms with Crippen molar-refractivity contribution >= 4 is 23.3 Å². The van der Waals surface area contributed by atoms with E-state index in [9.17, 15) is 9.59 Å². The number of carbonyl (C=O) groups excluding carboxylic acids is 1. The molecule has 0 saturated heterocycles. The smallest absolute Gasteiger partial charge is 0.256 e. The molecular weight excluding hydrogens is 394 g/mol. The second-order valence-electron chi connectivity index (χ2n) is 6.37. The van der Waals surface area contributed by atoms with Crippen LogP contribution in [-0.2, 0) is 0 Å². The molecule has 146 valence electrons. The summed E-state index contributed by atoms with van der Waals surface area (Å²) in [6, 6.07) is 11.7. The number of rotatable bonds is 4. The third-order valence-electron chi connectivity index (χ3n) is 4.39. The summed E-state index contributed by atoms with van der Waals surface area (Å²) in [7, 11) is 0. The summed E-state index contributed by atoms with van der Waals surface area (Å²) in [6.07, 6.45) is 1.52. The third-order valence-corrected chi connectivity index (χ3v) is 4.63. The topological polar surface area (TPSA) is 106 Å². The molecule has 0 spiro atoms. The Morgan fingerprint density at radius 1 is 1.21 bits per heavy atom. The molecule has 1 amide bonds. The average Bonchev–Trinajstić information content (AvgIpc) is 3.35. The van der Waals surface area contributed by atoms with Crippen molar-refractivity contribution in [2.45, 2.75) is 13.8 Å². The molecule has 0 aliphatic rings. The van der Waals surface area contributed by atoms with E-state index in [2.05, 4.69) is 20.4 Å². The summed E-state index contributed by atoms with van der Waals surface area (Å²) in [5, 5.41) is 7.68. The summed E-state index contributed by atoms with van der Waals surface area (Å²) in [5.74, 6) is 0.615. The lowest BCUT2D eigenvalue weighted by molar-refractivity contribution is 0.102. The van der Waals surface area contributed by atoms with Gasteiger partial charge < -0.3 is 9.73 Å². The summed E-state index contributed by atoms with van der Waals surface area (Å²) in [5.41, 5.74) is 1.64. The summed E-state index contributed by atoms with van der Waals surface area (Å²) in [4.78, 5) is 32.0. The lowest BCUT2D eigenvalue weighted by atomic mass is 10.2. The minimum atomic E-state index is -0.383. The SMILES string of the molecule is Cc1nc(-n2nc(-c3ccco3)cc2NC(=O)c2cccc(Cl)c2)[nH]c(=O)c1C. The maximum atomic E-state index is 12.7. The molecule has 0 atom stereocenters. The first kappa shape index (κ1) is 18.7. The van der Waals surface area contributed by atoms with E-state index in [1.165, 1.54) is 10.9 Å². The number of furan rings is 1. The second-order valence-corrected chi connectivity index (χ2v) is 6.80. The molecule has 0 aliphatic carbocycles. The molecule has 0 fully saturated rings. The highest BCUT2D eigenvalue weighted by Crippen LogP contribution is 2.24. The highest BCUT2D eigenvalue weighted by atomic mass is 35.5. The van der Waals surface area contributed by atoms with Gasteiger partial charge in [0.2, 0.25) is 5.95 Å². The van der Waals surface area contributed by atoms with Crippen molar-refractivity contribution in [3.05, 3.63) is 80.9 Å². The van der Waals surface area contributed by atoms with E-state index in [-0.39, 0.29) is 17.4 Å². The highest BCUT2D eigenvalue weighted by molar-refractivity contribution is 6.31. The number of H-pyrrole nitrogens is 1. The van der Waals surface area contributed by atoms with Gasteiger partial charge in [0.05, 0.1) is 6.26 Å². The Morgan fingerprint density at radius 2 is 2.03 bits per heavy atom. The zero-order chi connectivity index (χ0) is 20.5. The van der Waals surface area contributed by atoms with Gasteiger partial charge in [-0.2, -0.15) is 9.78 Å². The molecule has 3 aromatic heterocycles. The van der Waals surface area contributed by atoms with Gasteiger partial charge in [-0.25, -0.2) is 4.98 Å². The molecule has 0 radical (unpaired) electrons. The number of anilines is 1. The number of aryl methyl sites for hydroxylation is 1. The van der Waals surface area contributed by atoms with Crippen LogP contribution >= 0.6 is 11.6 Å². The lowest BCUT2D eigenvalue weighted by Crippen LogP contribution is -2.20. The van der Waals surface area contributed by atoms with Crippen LogP contribution in [0.1, 0.15) is 21.6 Å². The van der Waals surface area contributed by atoms with Gasteiger partial charge in [0, 0.05) is 27.9 Å². The molecule has 8 nitrogen and oxygen atoms in total. The number of carbonyl (C=O) groups is 1. The zero-order valence-electron chi connectivity index (χ0n) is 15.6. The maximum Gasteiger partial charge on any atom is 0.256 e. The van der Waals surface area contributed by atoms with Crippen LogP contribution in [0.4, 0.5) is 5.82 Å². The van der Waals surface area contributed by atoms with Crippen LogP contribution in [0.3, 0.4) is 0 Å². The van der Waals surface area contributed by atoms with Crippen LogP contribution < -0.4 is 10.9 Å². The Balaban J connectivity index is 1.80. The minimum absolute atomic E-state index is 0.178. The van der Waals surface area contributed by atoms with Crippen LogP contribution in [0.2, 0.25) is 5.02 Å². The predicted molar refractivity (Wildman–Crippen MR) is 109 cm³/mol. The minimum Gasteiger partial charge on any atom is -0.463 e. The Bertz CT molecular complexity index is 1260. The van der Waals surface area contributed by atoms with Crippen molar-refractivity contribution in [2.24, 2.45) is 0 Å². The molecule has 0 saturated carbocycles. The van der Waals surface area contributed by atoms with Crippen molar-refractivity contribution < 1.29 is 9.21 Å². The van der Waals surface area contributed by atoms with E-state index in [1.54, 1.807) is 56.3 Å². The van der Waals surface area contributed by atoms with E-state index < -0.39 is 0 Å². The van der Waals surface area contributed by atoms with Gasteiger partial charge in [0.15, 0.2) is 5.76 Å². The van der Waals surface area contributed by atoms with Crippen LogP contribution in [0.5, 0.6) is 0 Å². The summed E-state index contributed by atoms with van der Waals surface area (Å²) < 4.78 is 6.75. The van der Waals surface area contributed by atoms with Crippen molar-refractivity contribution in [2.75, 3.05) is 5.32 Å². The Morgan fingerprint density at radius 3 is 2.72 bits per heavy atom. The molecule has 4 rings (SSSR count). The van der Waals surface area contributed by atoms with Crippen molar-refractivity contribution in [3.8, 4) is 17.4 Å². The number of nitrogens with zero attached hydrogens (tertiary/aromatic N) is 3. The highest BCUT2D eigenvalue weighted by Gasteiger charge is 2.18. The van der Waals surface area contributed by atoms with E-state index in [0.29, 0.717) is 39.1 Å². The number of amides is 1.